The van der Waals surface area contributed by atoms with Gasteiger partial charge in [0.25, 0.3) is 0 Å². The predicted molar refractivity (Wildman–Crippen MR) is 86.1 cm³/mol. The van der Waals surface area contributed by atoms with Gasteiger partial charge in [0.15, 0.2) is 11.5 Å². The summed E-state index contributed by atoms with van der Waals surface area (Å²) in [4.78, 5) is 9.01. The van der Waals surface area contributed by atoms with Crippen molar-refractivity contribution in [3.63, 3.8) is 0 Å². The number of aromatic nitrogens is 4. The molecule has 1 aromatic carbocycles. The average molecular weight is 300 g/mol. The van der Waals surface area contributed by atoms with Gasteiger partial charge < -0.3 is 15.8 Å². The Labute approximate surface area is 128 Å². The highest BCUT2D eigenvalue weighted by Crippen LogP contribution is 2.24. The molecule has 0 saturated heterocycles. The van der Waals surface area contributed by atoms with E-state index in [4.69, 9.17) is 10.5 Å². The van der Waals surface area contributed by atoms with Gasteiger partial charge in [-0.05, 0) is 38.6 Å². The van der Waals surface area contributed by atoms with Crippen LogP contribution in [0, 0.1) is 0 Å². The van der Waals surface area contributed by atoms with Crippen LogP contribution < -0.4 is 15.8 Å². The minimum atomic E-state index is 0.338. The van der Waals surface area contributed by atoms with Crippen LogP contribution in [0.25, 0.3) is 16.6 Å². The van der Waals surface area contributed by atoms with E-state index in [0.717, 1.165) is 53.9 Å². The molecule has 7 heteroatoms. The summed E-state index contributed by atoms with van der Waals surface area (Å²) in [5, 5.41) is 8.53. The van der Waals surface area contributed by atoms with Crippen LogP contribution in [0.1, 0.15) is 18.7 Å². The summed E-state index contributed by atoms with van der Waals surface area (Å²) in [6.07, 6.45) is 2.97. The molecular formula is C15H20N6O. The van der Waals surface area contributed by atoms with E-state index in [1.54, 1.807) is 11.6 Å². The number of anilines is 1. The lowest BCUT2D eigenvalue weighted by atomic mass is 10.2. The number of nitrogens with one attached hydrogen (secondary N) is 1. The fourth-order valence-corrected chi connectivity index (χ4v) is 2.47. The first-order valence-electron chi connectivity index (χ1n) is 7.36. The largest absolute Gasteiger partial charge is 0.497 e. The molecule has 3 aromatic rings. The molecule has 0 amide bonds. The van der Waals surface area contributed by atoms with Gasteiger partial charge >= 0.3 is 0 Å². The molecule has 22 heavy (non-hydrogen) atoms. The molecule has 0 aliphatic heterocycles. The minimum absolute atomic E-state index is 0.338. The number of nitrogens with zero attached hydrogens (tertiary/aromatic N) is 4. The standard InChI is InChI=1S/C15H20N6O/c1-17-8-4-3-5-13-19-14-11-7-6-10(22-2)9-12(11)18-15(16)21(14)20-13/h6-7,9,17H,3-5,8H2,1-2H3,(H2,16,18). The third-order valence-electron chi connectivity index (χ3n) is 3.63. The molecule has 116 valence electrons. The smallest absolute Gasteiger partial charge is 0.223 e. The maximum absolute atomic E-state index is 6.00. The summed E-state index contributed by atoms with van der Waals surface area (Å²) in [5.74, 6) is 1.88. The van der Waals surface area contributed by atoms with Gasteiger partial charge in [-0.15, -0.1) is 5.10 Å². The van der Waals surface area contributed by atoms with Crippen molar-refractivity contribution >= 4 is 22.5 Å². The molecule has 2 heterocycles. The number of hydrogen-bond acceptors (Lipinski definition) is 6. The second-order valence-electron chi connectivity index (χ2n) is 5.18. The first kappa shape index (κ1) is 14.5. The van der Waals surface area contributed by atoms with Crippen molar-refractivity contribution in [2.24, 2.45) is 0 Å². The molecule has 0 bridgehead atoms. The Bertz CT molecular complexity index is 797. The predicted octanol–water partition coefficient (Wildman–Crippen LogP) is 1.41. The molecule has 0 aliphatic carbocycles. The number of fused-ring (bicyclic) bond motifs is 3. The van der Waals surface area contributed by atoms with Crippen LogP contribution in [-0.4, -0.2) is 40.3 Å². The Morgan fingerprint density at radius 3 is 2.91 bits per heavy atom. The van der Waals surface area contributed by atoms with Gasteiger partial charge in [-0.3, -0.25) is 0 Å². The maximum atomic E-state index is 6.00. The highest BCUT2D eigenvalue weighted by Gasteiger charge is 2.12. The van der Waals surface area contributed by atoms with E-state index in [1.807, 2.05) is 25.2 Å². The first-order chi connectivity index (χ1) is 10.7. The number of aryl methyl sites for hydroxylation is 1. The fraction of sp³-hybridized carbons (Fsp3) is 0.400. The van der Waals surface area contributed by atoms with Crippen molar-refractivity contribution in [2.75, 3.05) is 26.4 Å². The van der Waals surface area contributed by atoms with Gasteiger partial charge in [-0.1, -0.05) is 0 Å². The van der Waals surface area contributed by atoms with Gasteiger partial charge in [0, 0.05) is 17.9 Å². The van der Waals surface area contributed by atoms with Gasteiger partial charge in [0.2, 0.25) is 5.95 Å². The van der Waals surface area contributed by atoms with Crippen LogP contribution in [0.5, 0.6) is 5.75 Å². The average Bonchev–Trinajstić information content (AvgIpc) is 2.96. The summed E-state index contributed by atoms with van der Waals surface area (Å²) in [7, 11) is 3.58. The lowest BCUT2D eigenvalue weighted by molar-refractivity contribution is 0.415. The first-order valence-corrected chi connectivity index (χ1v) is 7.36. The number of hydrogen-bond donors (Lipinski definition) is 2. The van der Waals surface area contributed by atoms with Crippen LogP contribution in [0.2, 0.25) is 0 Å². The molecule has 0 spiro atoms. The zero-order chi connectivity index (χ0) is 15.5. The number of ether oxygens (including phenoxy) is 1. The normalized spacial score (nSPS) is 11.4. The van der Waals surface area contributed by atoms with Crippen molar-refractivity contribution in [3.8, 4) is 5.75 Å². The summed E-state index contributed by atoms with van der Waals surface area (Å²) in [5.41, 5.74) is 7.51. The summed E-state index contributed by atoms with van der Waals surface area (Å²) >= 11 is 0. The third kappa shape index (κ3) is 2.67. The van der Waals surface area contributed by atoms with E-state index in [9.17, 15) is 0 Å². The SMILES string of the molecule is CNCCCCc1nc2c3ccc(OC)cc3nc(N)n2n1. The van der Waals surface area contributed by atoms with Crippen LogP contribution in [0.4, 0.5) is 5.95 Å². The van der Waals surface area contributed by atoms with Crippen molar-refractivity contribution in [1.82, 2.24) is 24.9 Å². The Morgan fingerprint density at radius 1 is 1.27 bits per heavy atom. The molecule has 3 N–H and O–H groups in total. The number of rotatable bonds is 6. The maximum Gasteiger partial charge on any atom is 0.223 e. The van der Waals surface area contributed by atoms with Gasteiger partial charge in [0.1, 0.15) is 5.75 Å². The molecular weight excluding hydrogens is 280 g/mol. The van der Waals surface area contributed by atoms with Gasteiger partial charge in [-0.2, -0.15) is 4.52 Å². The minimum Gasteiger partial charge on any atom is -0.497 e. The Morgan fingerprint density at radius 2 is 2.14 bits per heavy atom. The molecule has 0 aliphatic rings. The molecule has 0 atom stereocenters. The Balaban J connectivity index is 1.99. The Hall–Kier alpha value is -2.41. The van der Waals surface area contributed by atoms with Crippen LogP contribution in [0.3, 0.4) is 0 Å². The zero-order valence-corrected chi connectivity index (χ0v) is 12.8. The molecule has 7 nitrogen and oxygen atoms in total. The summed E-state index contributed by atoms with van der Waals surface area (Å²) in [6.45, 7) is 1.000. The van der Waals surface area contributed by atoms with E-state index >= 15 is 0 Å². The van der Waals surface area contributed by atoms with Crippen molar-refractivity contribution in [2.45, 2.75) is 19.3 Å². The Kier molecular flexibility index (Phi) is 4.06. The van der Waals surface area contributed by atoms with Crippen molar-refractivity contribution in [1.29, 1.82) is 0 Å². The second kappa shape index (κ2) is 6.15. The topological polar surface area (TPSA) is 90.4 Å². The lowest BCUT2D eigenvalue weighted by Crippen LogP contribution is -2.07. The highest BCUT2D eigenvalue weighted by molar-refractivity contribution is 5.92. The molecule has 0 radical (unpaired) electrons. The third-order valence-corrected chi connectivity index (χ3v) is 3.63. The van der Waals surface area contributed by atoms with Crippen molar-refractivity contribution < 1.29 is 4.74 Å². The van der Waals surface area contributed by atoms with E-state index < -0.39 is 0 Å². The van der Waals surface area contributed by atoms with E-state index in [0.29, 0.717) is 5.95 Å². The molecule has 2 aromatic heterocycles. The number of nitrogen functional groups attached to an aromatic ring is 1. The van der Waals surface area contributed by atoms with Crippen LogP contribution >= 0.6 is 0 Å². The fourth-order valence-electron chi connectivity index (χ4n) is 2.47. The van der Waals surface area contributed by atoms with Crippen LogP contribution in [0.15, 0.2) is 18.2 Å². The van der Waals surface area contributed by atoms with E-state index in [1.165, 1.54) is 0 Å². The van der Waals surface area contributed by atoms with Gasteiger partial charge in [-0.25, -0.2) is 9.97 Å². The quantitative estimate of drug-likeness (QED) is 0.669. The van der Waals surface area contributed by atoms with E-state index in [-0.39, 0.29) is 0 Å². The molecule has 0 unspecified atom stereocenters. The second-order valence-corrected chi connectivity index (χ2v) is 5.18. The van der Waals surface area contributed by atoms with Gasteiger partial charge in [0.05, 0.1) is 12.6 Å². The lowest BCUT2D eigenvalue weighted by Gasteiger charge is -2.04. The highest BCUT2D eigenvalue weighted by atomic mass is 16.5. The molecule has 0 fully saturated rings. The van der Waals surface area contributed by atoms with E-state index in [2.05, 4.69) is 20.4 Å². The monoisotopic (exact) mass is 300 g/mol. The molecule has 3 rings (SSSR count). The van der Waals surface area contributed by atoms with Crippen molar-refractivity contribution in [3.05, 3.63) is 24.0 Å². The zero-order valence-electron chi connectivity index (χ0n) is 12.8. The number of methoxy groups -OCH3 is 1. The molecule has 0 saturated carbocycles. The van der Waals surface area contributed by atoms with Crippen LogP contribution in [-0.2, 0) is 6.42 Å². The summed E-state index contributed by atoms with van der Waals surface area (Å²) in [6, 6.07) is 5.68. The number of nitrogens with two attached hydrogens (primary N) is 1. The number of unbranched alkanes of at least 4 members (excludes halogenated alkanes) is 1. The number of benzene rings is 1. The summed E-state index contributed by atoms with van der Waals surface area (Å²) < 4.78 is 6.84.